The molecule has 0 amide bonds. The molecule has 0 aliphatic carbocycles. The molecule has 150 valence electrons. The molecule has 8 heteroatoms. The lowest BCUT2D eigenvalue weighted by molar-refractivity contribution is -0.197. The number of hydrogen-bond donors (Lipinski definition) is 0. The molecule has 2 aromatic rings. The topological polar surface area (TPSA) is 60.4 Å². The Balaban J connectivity index is 0.00000190. The summed E-state index contributed by atoms with van der Waals surface area (Å²) in [6, 6.07) is 13.4. The smallest absolute Gasteiger partial charge is 0.416 e. The second-order valence-corrected chi connectivity index (χ2v) is 5.80. The summed E-state index contributed by atoms with van der Waals surface area (Å²) in [6.45, 7) is 1.64. The number of Topliss-reactive ketones (excluding diaryl/α,β-unsaturated/α-hetero) is 1. The van der Waals surface area contributed by atoms with Crippen LogP contribution in [0, 0.1) is 0 Å². The zero-order valence-electron chi connectivity index (χ0n) is 15.2. The predicted octanol–water partition coefficient (Wildman–Crippen LogP) is 4.92. The number of rotatable bonds is 7. The highest BCUT2D eigenvalue weighted by molar-refractivity contribution is 7.00. The van der Waals surface area contributed by atoms with Crippen LogP contribution in [0.3, 0.4) is 0 Å². The molecule has 2 atom stereocenters. The van der Waals surface area contributed by atoms with E-state index in [9.17, 15) is 22.8 Å². The maximum absolute atomic E-state index is 14.2. The van der Waals surface area contributed by atoms with Gasteiger partial charge in [-0.3, -0.25) is 9.59 Å². The molecule has 0 heterocycles. The summed E-state index contributed by atoms with van der Waals surface area (Å²) < 4.78 is 55.8. The molecule has 0 saturated heterocycles. The van der Waals surface area contributed by atoms with E-state index in [1.807, 2.05) is 6.92 Å². The van der Waals surface area contributed by atoms with Gasteiger partial charge in [0.1, 0.15) is 0 Å². The minimum absolute atomic E-state index is 0.179. The normalized spacial score (nSPS) is 12.9. The van der Waals surface area contributed by atoms with E-state index in [1.165, 1.54) is 51.6 Å². The van der Waals surface area contributed by atoms with Crippen LogP contribution < -0.4 is 0 Å². The molecule has 0 spiro atoms. The SMILES string of the molecule is CCCCOC(=O)C(C(=O)c1ccccc1)(c1ccccc1)C(F)(F)F.O=[PH2+]. The first-order valence-corrected chi connectivity index (χ1v) is 8.95. The number of carbonyl (C=O) groups excluding carboxylic acids is 2. The number of ketones is 1. The molecule has 2 rings (SSSR count). The van der Waals surface area contributed by atoms with Gasteiger partial charge in [0.2, 0.25) is 5.41 Å². The Labute approximate surface area is 163 Å². The van der Waals surface area contributed by atoms with Crippen LogP contribution in [-0.2, 0) is 19.5 Å². The van der Waals surface area contributed by atoms with Crippen molar-refractivity contribution < 1.29 is 32.1 Å². The van der Waals surface area contributed by atoms with Crippen LogP contribution in [0.2, 0.25) is 0 Å². The van der Waals surface area contributed by atoms with E-state index in [2.05, 4.69) is 0 Å². The van der Waals surface area contributed by atoms with E-state index in [-0.39, 0.29) is 12.2 Å². The van der Waals surface area contributed by atoms with Crippen molar-refractivity contribution in [2.45, 2.75) is 31.4 Å². The third kappa shape index (κ3) is 4.84. The molecule has 0 N–H and O–H groups in total. The zero-order valence-corrected chi connectivity index (χ0v) is 16.4. The third-order valence-electron chi connectivity index (χ3n) is 4.05. The molecule has 4 nitrogen and oxygen atoms in total. The number of benzene rings is 2. The van der Waals surface area contributed by atoms with Gasteiger partial charge in [-0.25, -0.2) is 0 Å². The summed E-state index contributed by atoms with van der Waals surface area (Å²) in [4.78, 5) is 25.6. The Morgan fingerprint density at radius 2 is 1.43 bits per heavy atom. The number of halogens is 3. The minimum atomic E-state index is -5.16. The van der Waals surface area contributed by atoms with Crippen LogP contribution in [0.1, 0.15) is 35.7 Å². The minimum Gasteiger partial charge on any atom is -0.464 e. The van der Waals surface area contributed by atoms with E-state index in [0.29, 0.717) is 12.8 Å². The second-order valence-electron chi connectivity index (χ2n) is 5.80. The quantitative estimate of drug-likeness (QED) is 0.213. The fourth-order valence-corrected chi connectivity index (χ4v) is 2.66. The van der Waals surface area contributed by atoms with E-state index in [0.717, 1.165) is 12.1 Å². The van der Waals surface area contributed by atoms with E-state index < -0.39 is 28.9 Å². The van der Waals surface area contributed by atoms with Crippen molar-refractivity contribution in [3.8, 4) is 0 Å². The lowest BCUT2D eigenvalue weighted by Gasteiger charge is -2.32. The van der Waals surface area contributed by atoms with Crippen LogP contribution in [0.25, 0.3) is 0 Å². The number of carbonyl (C=O) groups is 2. The Morgan fingerprint density at radius 3 is 1.89 bits per heavy atom. The Kier molecular flexibility index (Phi) is 9.00. The first-order chi connectivity index (χ1) is 13.4. The second kappa shape index (κ2) is 10.7. The highest BCUT2D eigenvalue weighted by atomic mass is 31.0. The fourth-order valence-electron chi connectivity index (χ4n) is 2.66. The monoisotopic (exact) mass is 413 g/mol. The van der Waals surface area contributed by atoms with Gasteiger partial charge < -0.3 is 4.74 Å². The lowest BCUT2D eigenvalue weighted by Crippen LogP contribution is -2.56. The summed E-state index contributed by atoms with van der Waals surface area (Å²) in [5, 5.41) is 0. The molecular weight excluding hydrogens is 392 g/mol. The Hall–Kier alpha value is -2.53. The van der Waals surface area contributed by atoms with E-state index in [1.54, 1.807) is 6.07 Å². The van der Waals surface area contributed by atoms with Gasteiger partial charge in [-0.2, -0.15) is 13.2 Å². The predicted molar refractivity (Wildman–Crippen MR) is 101 cm³/mol. The molecule has 0 aliphatic rings. The van der Waals surface area contributed by atoms with Crippen LogP contribution in [0.5, 0.6) is 0 Å². The van der Waals surface area contributed by atoms with E-state index >= 15 is 0 Å². The number of hydrogen-bond acceptors (Lipinski definition) is 4. The van der Waals surface area contributed by atoms with Gasteiger partial charge >= 0.3 is 21.3 Å². The van der Waals surface area contributed by atoms with Gasteiger partial charge in [-0.05, 0) is 12.0 Å². The largest absolute Gasteiger partial charge is 0.464 e. The van der Waals surface area contributed by atoms with Crippen molar-refractivity contribution in [3.63, 3.8) is 0 Å². The molecule has 0 aromatic heterocycles. The molecule has 0 radical (unpaired) electrons. The van der Waals surface area contributed by atoms with Crippen molar-refractivity contribution in [1.82, 2.24) is 0 Å². The van der Waals surface area contributed by atoms with Crippen LogP contribution in [0.15, 0.2) is 60.7 Å². The zero-order chi connectivity index (χ0) is 21.2. The highest BCUT2D eigenvalue weighted by Crippen LogP contribution is 2.44. The van der Waals surface area contributed by atoms with Crippen molar-refractivity contribution in [1.29, 1.82) is 0 Å². The van der Waals surface area contributed by atoms with E-state index in [4.69, 9.17) is 9.30 Å². The molecule has 0 aliphatic heterocycles. The van der Waals surface area contributed by atoms with Crippen LogP contribution >= 0.6 is 9.12 Å². The van der Waals surface area contributed by atoms with Gasteiger partial charge in [0.05, 0.1) is 6.61 Å². The van der Waals surface area contributed by atoms with Gasteiger partial charge in [0, 0.05) is 5.56 Å². The molecular formula is C20H21F3O4P+. The first kappa shape index (κ1) is 23.5. The molecule has 0 saturated carbocycles. The lowest BCUT2D eigenvalue weighted by atomic mass is 9.73. The van der Waals surface area contributed by atoms with Crippen molar-refractivity contribution in [2.75, 3.05) is 6.61 Å². The molecule has 0 fully saturated rings. The van der Waals surface area contributed by atoms with Gasteiger partial charge in [0.15, 0.2) is 5.78 Å². The maximum Gasteiger partial charge on any atom is 0.416 e. The van der Waals surface area contributed by atoms with Crippen LogP contribution in [0.4, 0.5) is 13.2 Å². The van der Waals surface area contributed by atoms with Gasteiger partial charge in [0.25, 0.3) is 0 Å². The molecule has 0 bridgehead atoms. The Morgan fingerprint density at radius 1 is 0.929 bits per heavy atom. The van der Waals surface area contributed by atoms with Crippen molar-refractivity contribution >= 4 is 20.9 Å². The number of esters is 1. The molecule has 28 heavy (non-hydrogen) atoms. The van der Waals surface area contributed by atoms with Gasteiger partial charge in [-0.1, -0.05) is 78.6 Å². The summed E-state index contributed by atoms with van der Waals surface area (Å²) in [5.74, 6) is -2.95. The average Bonchev–Trinajstić information content (AvgIpc) is 2.70. The summed E-state index contributed by atoms with van der Waals surface area (Å²) in [5.41, 5.74) is -4.06. The first-order valence-electron chi connectivity index (χ1n) is 8.48. The summed E-state index contributed by atoms with van der Waals surface area (Å²) >= 11 is 0. The molecule has 2 aromatic carbocycles. The summed E-state index contributed by atoms with van der Waals surface area (Å²) in [7, 11) is 1.17. The average molecular weight is 413 g/mol. The third-order valence-corrected chi connectivity index (χ3v) is 4.05. The molecule has 2 unspecified atom stereocenters. The van der Waals surface area contributed by atoms with Crippen molar-refractivity contribution in [3.05, 3.63) is 71.8 Å². The summed E-state index contributed by atoms with van der Waals surface area (Å²) in [6.07, 6.45) is -4.11. The van der Waals surface area contributed by atoms with Gasteiger partial charge in [-0.15, -0.1) is 0 Å². The highest BCUT2D eigenvalue weighted by Gasteiger charge is 2.67. The Bertz CT molecular complexity index is 766. The van der Waals surface area contributed by atoms with Crippen molar-refractivity contribution in [2.24, 2.45) is 0 Å². The van der Waals surface area contributed by atoms with Crippen LogP contribution in [-0.4, -0.2) is 24.5 Å². The fraction of sp³-hybridized carbons (Fsp3) is 0.300. The maximum atomic E-state index is 14.2. The number of ether oxygens (including phenoxy) is 1. The number of unbranched alkanes of at least 4 members (excludes halogenated alkanes) is 1. The standard InChI is InChI=1S/C20H19F3O3.H2OP/c1-2-3-14-26-18(25)19(20(21,22)23,16-12-8-5-9-13-16)17(24)15-10-6-4-7-11-15;1-2/h4-13H,2-3,14H2,1H3;2H2/q;+1. The number of alkyl halides is 3.